The molecule has 0 fully saturated rings. The molecule has 2 aromatic rings. The molecule has 1 N–H and O–H groups in total. The molecule has 20 heavy (non-hydrogen) atoms. The van der Waals surface area contributed by atoms with Crippen LogP contribution in [0.1, 0.15) is 20.7 Å². The van der Waals surface area contributed by atoms with Crippen molar-refractivity contribution in [3.8, 4) is 11.5 Å². The number of carboxylic acids is 1. The number of methoxy groups -OCH3 is 1. The standard InChI is InChI=1S/C15H12O5/c1-19-10-5-4-6-11(9-10)20-15(18)13-8-3-2-7-12(13)14(16)17/h2-9H,1H3,(H,16,17). The van der Waals surface area contributed by atoms with Crippen molar-refractivity contribution in [1.29, 1.82) is 0 Å². The Labute approximate surface area is 115 Å². The summed E-state index contributed by atoms with van der Waals surface area (Å²) < 4.78 is 10.2. The molecule has 2 rings (SSSR count). The Morgan fingerprint density at radius 1 is 0.950 bits per heavy atom. The molecule has 0 spiro atoms. The molecular weight excluding hydrogens is 260 g/mol. The first-order valence-corrected chi connectivity index (χ1v) is 5.80. The smallest absolute Gasteiger partial charge is 0.344 e. The summed E-state index contributed by atoms with van der Waals surface area (Å²) in [5.74, 6) is -1.07. The van der Waals surface area contributed by atoms with E-state index in [2.05, 4.69) is 0 Å². The third kappa shape index (κ3) is 2.95. The van der Waals surface area contributed by atoms with Crippen molar-refractivity contribution in [2.45, 2.75) is 0 Å². The van der Waals surface area contributed by atoms with Crippen LogP contribution in [-0.2, 0) is 0 Å². The monoisotopic (exact) mass is 272 g/mol. The van der Waals surface area contributed by atoms with Crippen LogP contribution >= 0.6 is 0 Å². The maximum absolute atomic E-state index is 12.0. The van der Waals surface area contributed by atoms with E-state index in [0.29, 0.717) is 5.75 Å². The zero-order valence-corrected chi connectivity index (χ0v) is 10.7. The maximum atomic E-state index is 12.0. The van der Waals surface area contributed by atoms with Gasteiger partial charge in [-0.25, -0.2) is 9.59 Å². The summed E-state index contributed by atoms with van der Waals surface area (Å²) in [6.45, 7) is 0. The van der Waals surface area contributed by atoms with Crippen molar-refractivity contribution in [2.24, 2.45) is 0 Å². The lowest BCUT2D eigenvalue weighted by Crippen LogP contribution is -2.13. The highest BCUT2D eigenvalue weighted by Gasteiger charge is 2.17. The highest BCUT2D eigenvalue weighted by molar-refractivity contribution is 6.03. The molecule has 0 saturated carbocycles. The van der Waals surface area contributed by atoms with E-state index in [4.69, 9.17) is 14.6 Å². The van der Waals surface area contributed by atoms with Gasteiger partial charge in [0.15, 0.2) is 0 Å². The number of aromatic carboxylic acids is 1. The SMILES string of the molecule is COc1cccc(OC(=O)c2ccccc2C(=O)O)c1. The molecule has 5 nitrogen and oxygen atoms in total. The van der Waals surface area contributed by atoms with E-state index < -0.39 is 11.9 Å². The molecule has 0 aliphatic carbocycles. The first kappa shape index (κ1) is 13.6. The van der Waals surface area contributed by atoms with E-state index in [1.54, 1.807) is 36.4 Å². The van der Waals surface area contributed by atoms with Crippen LogP contribution in [0.5, 0.6) is 11.5 Å². The molecule has 2 aromatic carbocycles. The number of carbonyl (C=O) groups is 2. The quantitative estimate of drug-likeness (QED) is 0.684. The third-order valence-corrected chi connectivity index (χ3v) is 2.63. The normalized spacial score (nSPS) is 9.85. The van der Waals surface area contributed by atoms with Gasteiger partial charge in [0, 0.05) is 6.07 Å². The van der Waals surface area contributed by atoms with E-state index in [1.165, 1.54) is 19.2 Å². The van der Waals surface area contributed by atoms with Crippen LogP contribution in [0.3, 0.4) is 0 Å². The minimum atomic E-state index is -1.18. The average Bonchev–Trinajstić information content (AvgIpc) is 2.47. The Bertz CT molecular complexity index is 648. The lowest BCUT2D eigenvalue weighted by molar-refractivity contribution is 0.0667. The Morgan fingerprint density at radius 2 is 1.60 bits per heavy atom. The van der Waals surface area contributed by atoms with Gasteiger partial charge in [0.25, 0.3) is 0 Å². The fraction of sp³-hybridized carbons (Fsp3) is 0.0667. The van der Waals surface area contributed by atoms with E-state index in [-0.39, 0.29) is 16.9 Å². The van der Waals surface area contributed by atoms with Crippen LogP contribution in [0.2, 0.25) is 0 Å². The Hall–Kier alpha value is -2.82. The molecule has 0 radical (unpaired) electrons. The largest absolute Gasteiger partial charge is 0.497 e. The van der Waals surface area contributed by atoms with Gasteiger partial charge in [-0.15, -0.1) is 0 Å². The average molecular weight is 272 g/mol. The molecule has 0 atom stereocenters. The number of carbonyl (C=O) groups excluding carboxylic acids is 1. The van der Waals surface area contributed by atoms with Crippen LogP contribution in [0.4, 0.5) is 0 Å². The fourth-order valence-electron chi connectivity index (χ4n) is 1.67. The van der Waals surface area contributed by atoms with Gasteiger partial charge in [-0.2, -0.15) is 0 Å². The number of rotatable bonds is 4. The molecule has 0 saturated heterocycles. The van der Waals surface area contributed by atoms with E-state index in [0.717, 1.165) is 0 Å². The summed E-state index contributed by atoms with van der Waals surface area (Å²) >= 11 is 0. The third-order valence-electron chi connectivity index (χ3n) is 2.63. The number of esters is 1. The molecule has 0 unspecified atom stereocenters. The molecule has 0 aromatic heterocycles. The summed E-state index contributed by atoms with van der Waals surface area (Å²) in [5, 5.41) is 9.04. The first-order chi connectivity index (χ1) is 9.61. The van der Waals surface area contributed by atoms with Crippen LogP contribution < -0.4 is 9.47 Å². The molecule has 0 heterocycles. The minimum absolute atomic E-state index is 0.00261. The second-order valence-electron chi connectivity index (χ2n) is 3.92. The van der Waals surface area contributed by atoms with Crippen molar-refractivity contribution in [3.63, 3.8) is 0 Å². The van der Waals surface area contributed by atoms with E-state index >= 15 is 0 Å². The minimum Gasteiger partial charge on any atom is -0.497 e. The van der Waals surface area contributed by atoms with Gasteiger partial charge in [-0.3, -0.25) is 0 Å². The zero-order chi connectivity index (χ0) is 14.5. The zero-order valence-electron chi connectivity index (χ0n) is 10.7. The first-order valence-electron chi connectivity index (χ1n) is 5.80. The molecule has 5 heteroatoms. The Balaban J connectivity index is 2.26. The molecule has 102 valence electrons. The van der Waals surface area contributed by atoms with Crippen LogP contribution in [0.15, 0.2) is 48.5 Å². The summed E-state index contributed by atoms with van der Waals surface area (Å²) in [7, 11) is 1.50. The number of hydrogen-bond acceptors (Lipinski definition) is 4. The summed E-state index contributed by atoms with van der Waals surface area (Å²) in [5.41, 5.74) is -0.0942. The van der Waals surface area contributed by atoms with Crippen molar-refractivity contribution in [1.82, 2.24) is 0 Å². The van der Waals surface area contributed by atoms with Crippen LogP contribution in [0, 0.1) is 0 Å². The van der Waals surface area contributed by atoms with Crippen LogP contribution in [0.25, 0.3) is 0 Å². The Morgan fingerprint density at radius 3 is 2.25 bits per heavy atom. The molecular formula is C15H12O5. The molecule has 0 amide bonds. The Kier molecular flexibility index (Phi) is 4.00. The highest BCUT2D eigenvalue weighted by atomic mass is 16.5. The van der Waals surface area contributed by atoms with Gasteiger partial charge in [0.1, 0.15) is 11.5 Å². The van der Waals surface area contributed by atoms with Gasteiger partial charge in [-0.05, 0) is 24.3 Å². The topological polar surface area (TPSA) is 72.8 Å². The van der Waals surface area contributed by atoms with E-state index in [1.807, 2.05) is 0 Å². The predicted molar refractivity (Wildman–Crippen MR) is 71.4 cm³/mol. The van der Waals surface area contributed by atoms with Gasteiger partial charge >= 0.3 is 11.9 Å². The van der Waals surface area contributed by atoms with Crippen molar-refractivity contribution < 1.29 is 24.2 Å². The van der Waals surface area contributed by atoms with Crippen LogP contribution in [-0.4, -0.2) is 24.2 Å². The van der Waals surface area contributed by atoms with Gasteiger partial charge in [0.2, 0.25) is 0 Å². The van der Waals surface area contributed by atoms with Crippen molar-refractivity contribution >= 4 is 11.9 Å². The summed E-state index contributed by atoms with van der Waals surface area (Å²) in [6.07, 6.45) is 0. The van der Waals surface area contributed by atoms with E-state index in [9.17, 15) is 9.59 Å². The second kappa shape index (κ2) is 5.88. The lowest BCUT2D eigenvalue weighted by atomic mass is 10.1. The second-order valence-corrected chi connectivity index (χ2v) is 3.92. The number of hydrogen-bond donors (Lipinski definition) is 1. The molecule has 0 aliphatic rings. The van der Waals surface area contributed by atoms with Crippen molar-refractivity contribution in [3.05, 3.63) is 59.7 Å². The molecule has 0 aliphatic heterocycles. The maximum Gasteiger partial charge on any atom is 0.344 e. The highest BCUT2D eigenvalue weighted by Crippen LogP contribution is 2.20. The fourth-order valence-corrected chi connectivity index (χ4v) is 1.67. The van der Waals surface area contributed by atoms with Gasteiger partial charge < -0.3 is 14.6 Å². The summed E-state index contributed by atoms with van der Waals surface area (Å²) in [6, 6.07) is 12.4. The van der Waals surface area contributed by atoms with Gasteiger partial charge in [-0.1, -0.05) is 18.2 Å². The van der Waals surface area contributed by atoms with Gasteiger partial charge in [0.05, 0.1) is 18.2 Å². The predicted octanol–water partition coefficient (Wildman–Crippen LogP) is 2.61. The van der Waals surface area contributed by atoms with Crippen molar-refractivity contribution in [2.75, 3.05) is 7.11 Å². The molecule has 0 bridgehead atoms. The summed E-state index contributed by atoms with van der Waals surface area (Å²) in [4.78, 5) is 23.1. The number of ether oxygens (including phenoxy) is 2. The lowest BCUT2D eigenvalue weighted by Gasteiger charge is -2.07. The number of carboxylic acid groups (broad SMARTS) is 1. The number of benzene rings is 2.